The first kappa shape index (κ1) is 15.1. The smallest absolute Gasteiger partial charge is 0.257 e. The lowest BCUT2D eigenvalue weighted by atomic mass is 9.90. The van der Waals surface area contributed by atoms with Crippen molar-refractivity contribution in [3.05, 3.63) is 41.0 Å². The molecule has 1 aromatic heterocycles. The summed E-state index contributed by atoms with van der Waals surface area (Å²) in [7, 11) is 0. The Morgan fingerprint density at radius 2 is 2.18 bits per heavy atom. The second-order valence-electron chi connectivity index (χ2n) is 6.16. The fraction of sp³-hybridized carbons (Fsp3) is 0.375. The largest absolute Gasteiger partial charge is 0.338 e. The van der Waals surface area contributed by atoms with Crippen molar-refractivity contribution in [3.63, 3.8) is 0 Å². The van der Waals surface area contributed by atoms with E-state index < -0.39 is 0 Å². The molecule has 1 fully saturated rings. The van der Waals surface area contributed by atoms with E-state index in [1.807, 2.05) is 17.0 Å². The molecule has 6 heteroatoms. The van der Waals surface area contributed by atoms with E-state index in [1.165, 1.54) is 0 Å². The van der Waals surface area contributed by atoms with Gasteiger partial charge in [0.2, 0.25) is 0 Å². The number of nitrogens with one attached hydrogen (secondary N) is 1. The SMILES string of the molecule is CC1(CN)CCN(C(=O)c2cn[nH]c2-c2ccc(Cl)cc2)C1. The van der Waals surface area contributed by atoms with Gasteiger partial charge in [0.05, 0.1) is 17.5 Å². The molecule has 116 valence electrons. The molecular weight excluding hydrogens is 300 g/mol. The van der Waals surface area contributed by atoms with Crippen LogP contribution in [0.25, 0.3) is 11.3 Å². The van der Waals surface area contributed by atoms with Crippen LogP contribution in [0.4, 0.5) is 0 Å². The Balaban J connectivity index is 1.86. The molecule has 1 aliphatic rings. The first-order valence-corrected chi connectivity index (χ1v) is 7.69. The van der Waals surface area contributed by atoms with Crippen LogP contribution in [0.15, 0.2) is 30.5 Å². The molecule has 1 saturated heterocycles. The number of halogens is 1. The molecule has 2 aromatic rings. The fourth-order valence-electron chi connectivity index (χ4n) is 2.82. The third-order valence-corrected chi connectivity index (χ3v) is 4.59. The quantitative estimate of drug-likeness (QED) is 0.913. The van der Waals surface area contributed by atoms with E-state index in [2.05, 4.69) is 17.1 Å². The van der Waals surface area contributed by atoms with Crippen LogP contribution >= 0.6 is 11.6 Å². The average molecular weight is 319 g/mol. The van der Waals surface area contributed by atoms with Gasteiger partial charge in [-0.2, -0.15) is 5.10 Å². The van der Waals surface area contributed by atoms with Crippen molar-refractivity contribution in [2.24, 2.45) is 11.1 Å². The van der Waals surface area contributed by atoms with E-state index in [0.29, 0.717) is 23.7 Å². The maximum Gasteiger partial charge on any atom is 0.257 e. The van der Waals surface area contributed by atoms with Crippen LogP contribution in [0.2, 0.25) is 5.02 Å². The zero-order valence-corrected chi connectivity index (χ0v) is 13.2. The normalized spacial score (nSPS) is 21.3. The van der Waals surface area contributed by atoms with Gasteiger partial charge in [0.1, 0.15) is 0 Å². The summed E-state index contributed by atoms with van der Waals surface area (Å²) in [6.45, 7) is 4.13. The summed E-state index contributed by atoms with van der Waals surface area (Å²) in [5.74, 6) is -0.00382. The summed E-state index contributed by atoms with van der Waals surface area (Å²) in [5, 5.41) is 7.62. The molecule has 1 unspecified atom stereocenters. The molecule has 1 amide bonds. The Morgan fingerprint density at radius 3 is 2.82 bits per heavy atom. The van der Waals surface area contributed by atoms with E-state index >= 15 is 0 Å². The van der Waals surface area contributed by atoms with Crippen LogP contribution in [0.5, 0.6) is 0 Å². The molecule has 5 nitrogen and oxygen atoms in total. The average Bonchev–Trinajstić information content (AvgIpc) is 3.15. The van der Waals surface area contributed by atoms with E-state index in [9.17, 15) is 4.79 Å². The Morgan fingerprint density at radius 1 is 1.45 bits per heavy atom. The van der Waals surface area contributed by atoms with Crippen LogP contribution in [-0.2, 0) is 0 Å². The van der Waals surface area contributed by atoms with Gasteiger partial charge in [-0.05, 0) is 30.5 Å². The van der Waals surface area contributed by atoms with Gasteiger partial charge >= 0.3 is 0 Å². The molecule has 1 atom stereocenters. The predicted octanol–water partition coefficient (Wildman–Crippen LogP) is 2.54. The summed E-state index contributed by atoms with van der Waals surface area (Å²) >= 11 is 5.91. The van der Waals surface area contributed by atoms with Gasteiger partial charge in [-0.25, -0.2) is 0 Å². The predicted molar refractivity (Wildman–Crippen MR) is 86.7 cm³/mol. The van der Waals surface area contributed by atoms with Gasteiger partial charge in [-0.3, -0.25) is 9.89 Å². The number of carbonyl (C=O) groups is 1. The molecule has 0 radical (unpaired) electrons. The van der Waals surface area contributed by atoms with E-state index in [0.717, 1.165) is 24.2 Å². The minimum Gasteiger partial charge on any atom is -0.338 e. The number of benzene rings is 1. The van der Waals surface area contributed by atoms with Crippen molar-refractivity contribution < 1.29 is 4.79 Å². The number of aromatic nitrogens is 2. The molecule has 1 aromatic carbocycles. The number of carbonyl (C=O) groups excluding carboxylic acids is 1. The second-order valence-corrected chi connectivity index (χ2v) is 6.59. The topological polar surface area (TPSA) is 75.0 Å². The number of H-pyrrole nitrogens is 1. The maximum atomic E-state index is 12.8. The monoisotopic (exact) mass is 318 g/mol. The molecule has 0 spiro atoms. The van der Waals surface area contributed by atoms with Crippen LogP contribution in [0.3, 0.4) is 0 Å². The Bertz CT molecular complexity index is 682. The van der Waals surface area contributed by atoms with Crippen LogP contribution in [-0.4, -0.2) is 40.6 Å². The Labute approximate surface area is 134 Å². The van der Waals surface area contributed by atoms with Crippen LogP contribution < -0.4 is 5.73 Å². The van der Waals surface area contributed by atoms with Gasteiger partial charge in [0.15, 0.2) is 0 Å². The minimum atomic E-state index is -0.00382. The van der Waals surface area contributed by atoms with Gasteiger partial charge in [0, 0.05) is 23.7 Å². The maximum absolute atomic E-state index is 12.8. The number of aromatic amines is 1. The van der Waals surface area contributed by atoms with Gasteiger partial charge in [-0.1, -0.05) is 30.7 Å². The molecule has 3 N–H and O–H groups in total. The van der Waals surface area contributed by atoms with Crippen molar-refractivity contribution in [2.75, 3.05) is 19.6 Å². The number of nitrogens with two attached hydrogens (primary N) is 1. The number of amides is 1. The van der Waals surface area contributed by atoms with Crippen molar-refractivity contribution in [1.82, 2.24) is 15.1 Å². The fourth-order valence-corrected chi connectivity index (χ4v) is 2.94. The summed E-state index contributed by atoms with van der Waals surface area (Å²) in [5.41, 5.74) is 8.04. The number of rotatable bonds is 3. The molecule has 3 rings (SSSR count). The lowest BCUT2D eigenvalue weighted by molar-refractivity contribution is 0.0777. The molecular formula is C16H19ClN4O. The number of hydrogen-bond acceptors (Lipinski definition) is 3. The van der Waals surface area contributed by atoms with Crippen molar-refractivity contribution in [2.45, 2.75) is 13.3 Å². The van der Waals surface area contributed by atoms with Gasteiger partial charge in [0.25, 0.3) is 5.91 Å². The van der Waals surface area contributed by atoms with Crippen LogP contribution in [0, 0.1) is 5.41 Å². The van der Waals surface area contributed by atoms with Crippen molar-refractivity contribution >= 4 is 17.5 Å². The number of nitrogens with zero attached hydrogens (tertiary/aromatic N) is 2. The zero-order valence-electron chi connectivity index (χ0n) is 12.5. The first-order valence-electron chi connectivity index (χ1n) is 7.31. The molecule has 0 saturated carbocycles. The summed E-state index contributed by atoms with van der Waals surface area (Å²) in [6, 6.07) is 7.35. The molecule has 2 heterocycles. The molecule has 1 aliphatic heterocycles. The summed E-state index contributed by atoms with van der Waals surface area (Å²) in [4.78, 5) is 14.6. The number of likely N-dealkylation sites (tertiary alicyclic amines) is 1. The highest BCUT2D eigenvalue weighted by atomic mass is 35.5. The van der Waals surface area contributed by atoms with Gasteiger partial charge in [-0.15, -0.1) is 0 Å². The first-order chi connectivity index (χ1) is 10.5. The highest BCUT2D eigenvalue weighted by Gasteiger charge is 2.36. The van der Waals surface area contributed by atoms with Crippen molar-refractivity contribution in [3.8, 4) is 11.3 Å². The van der Waals surface area contributed by atoms with E-state index in [1.54, 1.807) is 18.3 Å². The van der Waals surface area contributed by atoms with E-state index in [-0.39, 0.29) is 11.3 Å². The Hall–Kier alpha value is -1.85. The number of hydrogen-bond donors (Lipinski definition) is 2. The van der Waals surface area contributed by atoms with Crippen LogP contribution in [0.1, 0.15) is 23.7 Å². The minimum absolute atomic E-state index is 0.00382. The lowest BCUT2D eigenvalue weighted by Crippen LogP contribution is -2.34. The second kappa shape index (κ2) is 5.74. The van der Waals surface area contributed by atoms with Gasteiger partial charge < -0.3 is 10.6 Å². The van der Waals surface area contributed by atoms with Crippen molar-refractivity contribution in [1.29, 1.82) is 0 Å². The Kier molecular flexibility index (Phi) is 3.93. The highest BCUT2D eigenvalue weighted by molar-refractivity contribution is 6.30. The van der Waals surface area contributed by atoms with E-state index in [4.69, 9.17) is 17.3 Å². The third kappa shape index (κ3) is 2.74. The summed E-state index contributed by atoms with van der Waals surface area (Å²) < 4.78 is 0. The molecule has 0 bridgehead atoms. The zero-order chi connectivity index (χ0) is 15.7. The molecule has 22 heavy (non-hydrogen) atoms. The highest BCUT2D eigenvalue weighted by Crippen LogP contribution is 2.31. The third-order valence-electron chi connectivity index (χ3n) is 4.34. The summed E-state index contributed by atoms with van der Waals surface area (Å²) in [6.07, 6.45) is 2.52. The lowest BCUT2D eigenvalue weighted by Gasteiger charge is -2.22. The standard InChI is InChI=1S/C16H19ClN4O/c1-16(9-18)6-7-21(10-16)15(22)13-8-19-20-14(13)11-2-4-12(17)5-3-11/h2-5,8H,6-7,9-10,18H2,1H3,(H,19,20). The molecule has 0 aliphatic carbocycles.